The summed E-state index contributed by atoms with van der Waals surface area (Å²) in [6, 6.07) is 0.732. The largest absolute Gasteiger partial charge is 0.329 e. The fourth-order valence-electron chi connectivity index (χ4n) is 4.01. The van der Waals surface area contributed by atoms with Crippen molar-refractivity contribution in [3.05, 3.63) is 0 Å². The fourth-order valence-corrected chi connectivity index (χ4v) is 4.01. The van der Waals surface area contributed by atoms with Crippen LogP contribution in [0.4, 0.5) is 0 Å². The van der Waals surface area contributed by atoms with Crippen LogP contribution >= 0.6 is 0 Å². The number of nitrogens with zero attached hydrogens (tertiary/aromatic N) is 2. The van der Waals surface area contributed by atoms with Crippen LogP contribution in [0.3, 0.4) is 0 Å². The highest BCUT2D eigenvalue weighted by molar-refractivity contribution is 5.00. The molecule has 2 fully saturated rings. The average molecular weight is 253 g/mol. The quantitative estimate of drug-likeness (QED) is 0.831. The molecule has 0 aromatic rings. The van der Waals surface area contributed by atoms with Gasteiger partial charge in [-0.05, 0) is 39.3 Å². The van der Waals surface area contributed by atoms with Crippen molar-refractivity contribution in [2.45, 2.75) is 57.0 Å². The Balaban J connectivity index is 2.03. The van der Waals surface area contributed by atoms with E-state index in [1.54, 1.807) is 0 Å². The molecule has 18 heavy (non-hydrogen) atoms. The van der Waals surface area contributed by atoms with Crippen molar-refractivity contribution in [2.24, 2.45) is 11.7 Å². The van der Waals surface area contributed by atoms with Crippen LogP contribution in [0.1, 0.15) is 45.4 Å². The van der Waals surface area contributed by atoms with Crippen molar-refractivity contribution < 1.29 is 0 Å². The van der Waals surface area contributed by atoms with E-state index in [0.717, 1.165) is 18.5 Å². The summed E-state index contributed by atoms with van der Waals surface area (Å²) < 4.78 is 0. The van der Waals surface area contributed by atoms with E-state index in [4.69, 9.17) is 5.73 Å². The van der Waals surface area contributed by atoms with E-state index in [2.05, 4.69) is 30.8 Å². The van der Waals surface area contributed by atoms with Crippen LogP contribution < -0.4 is 5.73 Å². The van der Waals surface area contributed by atoms with E-state index < -0.39 is 0 Å². The van der Waals surface area contributed by atoms with Gasteiger partial charge in [0.15, 0.2) is 0 Å². The minimum absolute atomic E-state index is 0.323. The molecule has 1 heterocycles. The molecule has 1 saturated heterocycles. The van der Waals surface area contributed by atoms with Gasteiger partial charge in [-0.25, -0.2) is 0 Å². The Morgan fingerprint density at radius 3 is 2.67 bits per heavy atom. The maximum Gasteiger partial charge on any atom is 0.0335 e. The normalized spacial score (nSPS) is 38.5. The van der Waals surface area contributed by atoms with Crippen LogP contribution in [0, 0.1) is 5.92 Å². The highest BCUT2D eigenvalue weighted by Crippen LogP contribution is 2.39. The standard InChI is InChI=1S/C15H31N3/c1-4-13-6-5-8-15(10-13,12-16)18-9-7-14(11-18)17(2)3/h13-14H,4-12,16H2,1-3H3. The van der Waals surface area contributed by atoms with E-state index in [9.17, 15) is 0 Å². The molecular formula is C15H31N3. The van der Waals surface area contributed by atoms with Gasteiger partial charge in [-0.1, -0.05) is 26.2 Å². The summed E-state index contributed by atoms with van der Waals surface area (Å²) in [5.41, 5.74) is 6.52. The fraction of sp³-hybridized carbons (Fsp3) is 1.00. The molecule has 0 aromatic heterocycles. The van der Waals surface area contributed by atoms with Crippen LogP contribution in [0.15, 0.2) is 0 Å². The molecule has 106 valence electrons. The zero-order valence-corrected chi connectivity index (χ0v) is 12.5. The van der Waals surface area contributed by atoms with Crippen LogP contribution in [0.25, 0.3) is 0 Å². The summed E-state index contributed by atoms with van der Waals surface area (Å²) in [7, 11) is 4.41. The molecule has 3 heteroatoms. The summed E-state index contributed by atoms with van der Waals surface area (Å²) in [4.78, 5) is 5.10. The molecule has 1 aliphatic carbocycles. The van der Waals surface area contributed by atoms with Gasteiger partial charge < -0.3 is 10.6 Å². The summed E-state index contributed by atoms with van der Waals surface area (Å²) in [6.07, 6.45) is 8.08. The van der Waals surface area contributed by atoms with Crippen molar-refractivity contribution >= 4 is 0 Å². The molecule has 0 bridgehead atoms. The lowest BCUT2D eigenvalue weighted by atomic mass is 9.74. The Kier molecular flexibility index (Phi) is 4.68. The first-order chi connectivity index (χ1) is 8.61. The molecule has 2 N–H and O–H groups in total. The van der Waals surface area contributed by atoms with Crippen molar-refractivity contribution in [1.29, 1.82) is 0 Å². The summed E-state index contributed by atoms with van der Waals surface area (Å²) in [6.45, 7) is 5.66. The molecule has 0 amide bonds. The van der Waals surface area contributed by atoms with Gasteiger partial charge in [0.1, 0.15) is 0 Å². The highest BCUT2D eigenvalue weighted by atomic mass is 15.3. The first-order valence-electron chi connectivity index (χ1n) is 7.73. The Morgan fingerprint density at radius 2 is 2.11 bits per heavy atom. The van der Waals surface area contributed by atoms with Crippen LogP contribution in [0.5, 0.6) is 0 Å². The zero-order chi connectivity index (χ0) is 13.2. The SMILES string of the molecule is CCC1CCCC(CN)(N2CCC(N(C)C)C2)C1. The predicted molar refractivity (Wildman–Crippen MR) is 77.7 cm³/mol. The van der Waals surface area contributed by atoms with Crippen molar-refractivity contribution in [2.75, 3.05) is 33.7 Å². The minimum atomic E-state index is 0.323. The second kappa shape index (κ2) is 5.89. The van der Waals surface area contributed by atoms with Gasteiger partial charge in [0.05, 0.1) is 0 Å². The van der Waals surface area contributed by atoms with Gasteiger partial charge in [-0.2, -0.15) is 0 Å². The Hall–Kier alpha value is -0.120. The molecule has 1 saturated carbocycles. The van der Waals surface area contributed by atoms with E-state index in [1.807, 2.05) is 0 Å². The van der Waals surface area contributed by atoms with Gasteiger partial charge in [0.2, 0.25) is 0 Å². The van der Waals surface area contributed by atoms with Crippen molar-refractivity contribution in [3.63, 3.8) is 0 Å². The number of likely N-dealkylation sites (tertiary alicyclic amines) is 1. The lowest BCUT2D eigenvalue weighted by Crippen LogP contribution is -2.56. The Bertz CT molecular complexity index is 266. The summed E-state index contributed by atoms with van der Waals surface area (Å²) in [5, 5.41) is 0. The van der Waals surface area contributed by atoms with Crippen molar-refractivity contribution in [1.82, 2.24) is 9.80 Å². The number of hydrogen-bond acceptors (Lipinski definition) is 3. The first-order valence-corrected chi connectivity index (χ1v) is 7.73. The maximum absolute atomic E-state index is 6.20. The van der Waals surface area contributed by atoms with E-state index >= 15 is 0 Å². The molecule has 3 nitrogen and oxygen atoms in total. The number of likely N-dealkylation sites (N-methyl/N-ethyl adjacent to an activating group) is 1. The molecular weight excluding hydrogens is 222 g/mol. The molecule has 3 atom stereocenters. The number of nitrogens with two attached hydrogens (primary N) is 1. The molecule has 0 radical (unpaired) electrons. The minimum Gasteiger partial charge on any atom is -0.329 e. The molecule has 1 aliphatic heterocycles. The van der Waals surface area contributed by atoms with Crippen LogP contribution in [-0.2, 0) is 0 Å². The Labute approximate surface area is 113 Å². The number of rotatable bonds is 4. The molecule has 0 spiro atoms. The topological polar surface area (TPSA) is 32.5 Å². The van der Waals surface area contributed by atoms with Crippen LogP contribution in [-0.4, -0.2) is 55.1 Å². The van der Waals surface area contributed by atoms with Gasteiger partial charge in [-0.3, -0.25) is 4.90 Å². The third-order valence-corrected chi connectivity index (χ3v) is 5.44. The second-order valence-electron chi connectivity index (χ2n) is 6.65. The van der Waals surface area contributed by atoms with Crippen LogP contribution in [0.2, 0.25) is 0 Å². The number of hydrogen-bond donors (Lipinski definition) is 1. The first kappa shape index (κ1) is 14.3. The predicted octanol–water partition coefficient (Wildman–Crippen LogP) is 1.92. The van der Waals surface area contributed by atoms with E-state index in [0.29, 0.717) is 5.54 Å². The monoisotopic (exact) mass is 253 g/mol. The smallest absolute Gasteiger partial charge is 0.0335 e. The third-order valence-electron chi connectivity index (χ3n) is 5.44. The van der Waals surface area contributed by atoms with E-state index in [-0.39, 0.29) is 0 Å². The van der Waals surface area contributed by atoms with Gasteiger partial charge in [-0.15, -0.1) is 0 Å². The summed E-state index contributed by atoms with van der Waals surface area (Å²) >= 11 is 0. The lowest BCUT2D eigenvalue weighted by Gasteiger charge is -2.47. The average Bonchev–Trinajstić information content (AvgIpc) is 2.89. The molecule has 2 aliphatic rings. The van der Waals surface area contributed by atoms with Gasteiger partial charge in [0, 0.05) is 31.2 Å². The lowest BCUT2D eigenvalue weighted by molar-refractivity contribution is 0.0496. The summed E-state index contributed by atoms with van der Waals surface area (Å²) in [5.74, 6) is 0.903. The highest BCUT2D eigenvalue weighted by Gasteiger charge is 2.42. The molecule has 2 rings (SSSR count). The third kappa shape index (κ3) is 2.73. The Morgan fingerprint density at radius 1 is 1.33 bits per heavy atom. The van der Waals surface area contributed by atoms with Gasteiger partial charge >= 0.3 is 0 Å². The molecule has 0 aromatic carbocycles. The second-order valence-corrected chi connectivity index (χ2v) is 6.65. The van der Waals surface area contributed by atoms with E-state index in [1.165, 1.54) is 51.6 Å². The molecule has 3 unspecified atom stereocenters. The van der Waals surface area contributed by atoms with Gasteiger partial charge in [0.25, 0.3) is 0 Å². The van der Waals surface area contributed by atoms with Crippen molar-refractivity contribution in [3.8, 4) is 0 Å². The zero-order valence-electron chi connectivity index (χ0n) is 12.5. The maximum atomic E-state index is 6.20.